The molecule has 1 N–H and O–H groups in total. The van der Waals surface area contributed by atoms with E-state index in [1.165, 1.54) is 0 Å². The fourth-order valence-corrected chi connectivity index (χ4v) is 1.39. The van der Waals surface area contributed by atoms with Crippen molar-refractivity contribution in [1.82, 2.24) is 0 Å². The summed E-state index contributed by atoms with van der Waals surface area (Å²) in [6.45, 7) is 4.35. The van der Waals surface area contributed by atoms with Crippen LogP contribution in [0, 0.1) is 5.92 Å². The largest absolute Gasteiger partial charge is 0.454 e. The van der Waals surface area contributed by atoms with E-state index in [2.05, 4.69) is 13.8 Å². The lowest BCUT2D eigenvalue weighted by molar-refractivity contribution is 0.175. The summed E-state index contributed by atoms with van der Waals surface area (Å²) in [5, 5.41) is 8.99. The monoisotopic (exact) mass is 142 g/mol. The first-order valence-corrected chi connectivity index (χ1v) is 4.02. The molecular formula is C7H15BO2. The van der Waals surface area contributed by atoms with Crippen LogP contribution >= 0.6 is 0 Å². The number of hydrogen-bond acceptors (Lipinski definition) is 2. The van der Waals surface area contributed by atoms with Gasteiger partial charge in [-0.3, -0.25) is 0 Å². The summed E-state index contributed by atoms with van der Waals surface area (Å²) in [5.74, 6) is 0.676. The molecule has 1 heterocycles. The Morgan fingerprint density at radius 1 is 1.70 bits per heavy atom. The van der Waals surface area contributed by atoms with E-state index in [0.717, 1.165) is 19.2 Å². The summed E-state index contributed by atoms with van der Waals surface area (Å²) in [6.07, 6.45) is 3.24. The molecule has 2 nitrogen and oxygen atoms in total. The predicted molar refractivity (Wildman–Crippen MR) is 41.7 cm³/mol. The van der Waals surface area contributed by atoms with Crippen molar-refractivity contribution in [3.05, 3.63) is 0 Å². The second kappa shape index (κ2) is 3.40. The van der Waals surface area contributed by atoms with Crippen molar-refractivity contribution in [3.8, 4) is 0 Å². The van der Waals surface area contributed by atoms with Crippen molar-refractivity contribution in [3.63, 3.8) is 0 Å². The molecule has 10 heavy (non-hydrogen) atoms. The Morgan fingerprint density at radius 2 is 2.40 bits per heavy atom. The van der Waals surface area contributed by atoms with Crippen LogP contribution in [-0.4, -0.2) is 18.2 Å². The second-order valence-corrected chi connectivity index (χ2v) is 3.42. The Hall–Kier alpha value is -0.0151. The van der Waals surface area contributed by atoms with Crippen molar-refractivity contribution >= 4 is 7.12 Å². The third-order valence-corrected chi connectivity index (χ3v) is 1.82. The Kier molecular flexibility index (Phi) is 2.75. The van der Waals surface area contributed by atoms with Gasteiger partial charge in [0.2, 0.25) is 0 Å². The summed E-state index contributed by atoms with van der Waals surface area (Å²) < 4.78 is 5.23. The molecule has 1 rings (SSSR count). The van der Waals surface area contributed by atoms with Gasteiger partial charge in [-0.15, -0.1) is 0 Å². The van der Waals surface area contributed by atoms with Crippen LogP contribution in [-0.2, 0) is 4.65 Å². The highest BCUT2D eigenvalue weighted by Crippen LogP contribution is 2.21. The van der Waals surface area contributed by atoms with Crippen LogP contribution < -0.4 is 0 Å². The van der Waals surface area contributed by atoms with E-state index in [0.29, 0.717) is 12.0 Å². The molecule has 1 unspecified atom stereocenters. The van der Waals surface area contributed by atoms with Crippen molar-refractivity contribution in [2.45, 2.75) is 39.1 Å². The highest BCUT2D eigenvalue weighted by atomic mass is 16.5. The van der Waals surface area contributed by atoms with E-state index < -0.39 is 7.12 Å². The average molecular weight is 142 g/mol. The zero-order valence-electron chi connectivity index (χ0n) is 6.71. The standard InChI is InChI=1S/C7H15BO2/c1-6(2)5-7-3-4-8(9)10-7/h6-7,9H,3-5H2,1-2H3. The molecule has 3 heteroatoms. The lowest BCUT2D eigenvalue weighted by Crippen LogP contribution is -2.15. The van der Waals surface area contributed by atoms with Gasteiger partial charge in [0.25, 0.3) is 0 Å². The minimum Gasteiger partial charge on any atom is -0.427 e. The molecule has 0 radical (unpaired) electrons. The van der Waals surface area contributed by atoms with Gasteiger partial charge in [0.05, 0.1) is 0 Å². The lowest BCUT2D eigenvalue weighted by Gasteiger charge is -2.12. The summed E-state index contributed by atoms with van der Waals surface area (Å²) in [5.41, 5.74) is 0. The summed E-state index contributed by atoms with van der Waals surface area (Å²) >= 11 is 0. The van der Waals surface area contributed by atoms with Crippen LogP contribution in [0.5, 0.6) is 0 Å². The Balaban J connectivity index is 2.18. The van der Waals surface area contributed by atoms with Crippen LogP contribution in [0.3, 0.4) is 0 Å². The predicted octanol–water partition coefficient (Wildman–Crippen LogP) is 1.30. The topological polar surface area (TPSA) is 29.5 Å². The highest BCUT2D eigenvalue weighted by molar-refractivity contribution is 6.43. The molecule has 1 atom stereocenters. The van der Waals surface area contributed by atoms with Gasteiger partial charge in [-0.1, -0.05) is 13.8 Å². The molecule has 0 amide bonds. The van der Waals surface area contributed by atoms with Crippen molar-refractivity contribution in [2.75, 3.05) is 0 Å². The van der Waals surface area contributed by atoms with Crippen LogP contribution in [0.2, 0.25) is 6.32 Å². The van der Waals surface area contributed by atoms with Gasteiger partial charge in [-0.25, -0.2) is 0 Å². The van der Waals surface area contributed by atoms with Gasteiger partial charge < -0.3 is 9.68 Å². The second-order valence-electron chi connectivity index (χ2n) is 3.42. The fourth-order valence-electron chi connectivity index (χ4n) is 1.39. The van der Waals surface area contributed by atoms with Crippen molar-refractivity contribution in [1.29, 1.82) is 0 Å². The molecule has 58 valence electrons. The van der Waals surface area contributed by atoms with Gasteiger partial charge in [0, 0.05) is 6.10 Å². The zero-order valence-corrected chi connectivity index (χ0v) is 6.71. The van der Waals surface area contributed by atoms with Gasteiger partial charge in [0.15, 0.2) is 0 Å². The minimum absolute atomic E-state index is 0.315. The third-order valence-electron chi connectivity index (χ3n) is 1.82. The van der Waals surface area contributed by atoms with Crippen LogP contribution in [0.4, 0.5) is 0 Å². The van der Waals surface area contributed by atoms with Gasteiger partial charge in [-0.05, 0) is 25.1 Å². The zero-order chi connectivity index (χ0) is 7.56. The lowest BCUT2D eigenvalue weighted by atomic mass is 9.87. The van der Waals surface area contributed by atoms with E-state index in [4.69, 9.17) is 9.68 Å². The van der Waals surface area contributed by atoms with Crippen LogP contribution in [0.25, 0.3) is 0 Å². The Bertz CT molecular complexity index is 106. The van der Waals surface area contributed by atoms with Gasteiger partial charge in [-0.2, -0.15) is 0 Å². The third kappa shape index (κ3) is 2.31. The molecule has 0 saturated carbocycles. The van der Waals surface area contributed by atoms with E-state index in [1.807, 2.05) is 0 Å². The molecule has 1 aliphatic rings. The van der Waals surface area contributed by atoms with Gasteiger partial charge in [0.1, 0.15) is 0 Å². The fraction of sp³-hybridized carbons (Fsp3) is 1.00. The molecule has 0 spiro atoms. The van der Waals surface area contributed by atoms with Crippen LogP contribution in [0.15, 0.2) is 0 Å². The maximum atomic E-state index is 8.99. The first kappa shape index (κ1) is 8.09. The quantitative estimate of drug-likeness (QED) is 0.588. The first-order chi connectivity index (χ1) is 4.68. The molecule has 1 aliphatic heterocycles. The number of rotatable bonds is 2. The molecular weight excluding hydrogens is 127 g/mol. The molecule has 0 aliphatic carbocycles. The Morgan fingerprint density at radius 3 is 2.80 bits per heavy atom. The smallest absolute Gasteiger partial charge is 0.427 e. The maximum Gasteiger partial charge on any atom is 0.454 e. The minimum atomic E-state index is -0.483. The first-order valence-electron chi connectivity index (χ1n) is 4.02. The molecule has 1 saturated heterocycles. The molecule has 0 aromatic heterocycles. The van der Waals surface area contributed by atoms with E-state index in [1.54, 1.807) is 0 Å². The summed E-state index contributed by atoms with van der Waals surface area (Å²) in [4.78, 5) is 0. The highest BCUT2D eigenvalue weighted by Gasteiger charge is 2.27. The maximum absolute atomic E-state index is 8.99. The van der Waals surface area contributed by atoms with E-state index in [9.17, 15) is 0 Å². The summed E-state index contributed by atoms with van der Waals surface area (Å²) in [7, 11) is -0.483. The van der Waals surface area contributed by atoms with Crippen LogP contribution in [0.1, 0.15) is 26.7 Å². The van der Waals surface area contributed by atoms with E-state index in [-0.39, 0.29) is 0 Å². The van der Waals surface area contributed by atoms with Gasteiger partial charge >= 0.3 is 7.12 Å². The van der Waals surface area contributed by atoms with E-state index >= 15 is 0 Å². The normalized spacial score (nSPS) is 26.4. The SMILES string of the molecule is CC(C)CC1CCB(O)O1. The summed E-state index contributed by atoms with van der Waals surface area (Å²) in [6, 6.07) is 0. The molecule has 0 bridgehead atoms. The molecule has 1 fully saturated rings. The van der Waals surface area contributed by atoms with Crippen molar-refractivity contribution in [2.24, 2.45) is 5.92 Å². The average Bonchev–Trinajstić information content (AvgIpc) is 2.13. The number of hydrogen-bond donors (Lipinski definition) is 1. The van der Waals surface area contributed by atoms with Crippen molar-refractivity contribution < 1.29 is 9.68 Å². The molecule has 0 aromatic carbocycles. The molecule has 0 aromatic rings. The Labute approximate surface area is 62.7 Å².